The fourth-order valence-electron chi connectivity index (χ4n) is 1.21. The van der Waals surface area contributed by atoms with E-state index in [2.05, 4.69) is 5.32 Å². The molecule has 0 atom stereocenters. The van der Waals surface area contributed by atoms with Crippen molar-refractivity contribution in [2.75, 3.05) is 5.32 Å². The molecule has 0 aliphatic carbocycles. The third-order valence-corrected chi connectivity index (χ3v) is 2.73. The van der Waals surface area contributed by atoms with Crippen molar-refractivity contribution in [3.05, 3.63) is 51.4 Å². The van der Waals surface area contributed by atoms with Gasteiger partial charge in [0.1, 0.15) is 0 Å². The monoisotopic (exact) mass is 289 g/mol. The van der Waals surface area contributed by atoms with Gasteiger partial charge in [-0.05, 0) is 41.9 Å². The molecule has 0 saturated heterocycles. The number of hydrogen-bond donors (Lipinski definition) is 1. The highest BCUT2D eigenvalue weighted by Crippen LogP contribution is 2.26. The first kappa shape index (κ1) is 12.3. The predicted octanol–water partition coefficient (Wildman–Crippen LogP) is 4.49. The van der Waals surface area contributed by atoms with Gasteiger partial charge in [-0.1, -0.05) is 23.2 Å². The number of hydrogen-bond acceptors (Lipinski definition) is 2. The SMILES string of the molecule is O=C(Nc1ccc(Cl)cc1Cl)c1ccc(Cl)o1. The number of benzene rings is 1. The molecule has 1 heterocycles. The van der Waals surface area contributed by atoms with Crippen LogP contribution in [0.2, 0.25) is 15.3 Å². The van der Waals surface area contributed by atoms with Gasteiger partial charge in [0, 0.05) is 5.02 Å². The summed E-state index contributed by atoms with van der Waals surface area (Å²) in [5.41, 5.74) is 0.452. The lowest BCUT2D eigenvalue weighted by Gasteiger charge is -2.05. The Morgan fingerprint density at radius 2 is 1.88 bits per heavy atom. The van der Waals surface area contributed by atoms with E-state index in [1.165, 1.54) is 18.2 Å². The largest absolute Gasteiger partial charge is 0.440 e. The van der Waals surface area contributed by atoms with Crippen molar-refractivity contribution in [1.82, 2.24) is 0 Å². The van der Waals surface area contributed by atoms with Crippen LogP contribution in [-0.2, 0) is 0 Å². The number of anilines is 1. The van der Waals surface area contributed by atoms with Crippen LogP contribution in [0.25, 0.3) is 0 Å². The highest BCUT2D eigenvalue weighted by molar-refractivity contribution is 6.36. The normalized spacial score (nSPS) is 10.3. The van der Waals surface area contributed by atoms with E-state index in [1.54, 1.807) is 12.1 Å². The molecule has 0 unspecified atom stereocenters. The van der Waals surface area contributed by atoms with Crippen molar-refractivity contribution in [2.24, 2.45) is 0 Å². The number of furan rings is 1. The maximum Gasteiger partial charge on any atom is 0.291 e. The summed E-state index contributed by atoms with van der Waals surface area (Å²) >= 11 is 17.2. The first-order chi connectivity index (χ1) is 8.06. The molecule has 3 nitrogen and oxygen atoms in total. The molecule has 0 bridgehead atoms. The molecule has 2 aromatic rings. The maximum absolute atomic E-state index is 11.7. The molecule has 88 valence electrons. The molecule has 0 fully saturated rings. The molecular formula is C11H6Cl3NO2. The molecule has 17 heavy (non-hydrogen) atoms. The molecule has 0 spiro atoms. The van der Waals surface area contributed by atoms with Gasteiger partial charge in [-0.15, -0.1) is 0 Å². The average molecular weight is 291 g/mol. The number of carbonyl (C=O) groups is 1. The van der Waals surface area contributed by atoms with Crippen molar-refractivity contribution in [3.63, 3.8) is 0 Å². The van der Waals surface area contributed by atoms with E-state index in [0.717, 1.165) is 0 Å². The van der Waals surface area contributed by atoms with E-state index in [9.17, 15) is 4.79 Å². The molecule has 0 aliphatic rings. The van der Waals surface area contributed by atoms with Crippen LogP contribution in [0.3, 0.4) is 0 Å². The van der Waals surface area contributed by atoms with Crippen molar-refractivity contribution in [1.29, 1.82) is 0 Å². The summed E-state index contributed by atoms with van der Waals surface area (Å²) < 4.78 is 4.97. The highest BCUT2D eigenvalue weighted by Gasteiger charge is 2.12. The number of nitrogens with one attached hydrogen (secondary N) is 1. The number of amides is 1. The first-order valence-electron chi connectivity index (χ1n) is 4.58. The van der Waals surface area contributed by atoms with Crippen LogP contribution in [0.15, 0.2) is 34.7 Å². The van der Waals surface area contributed by atoms with Gasteiger partial charge < -0.3 is 9.73 Å². The second-order valence-corrected chi connectivity index (χ2v) is 4.40. The second-order valence-electron chi connectivity index (χ2n) is 3.18. The topological polar surface area (TPSA) is 42.2 Å². The second kappa shape index (κ2) is 5.00. The van der Waals surface area contributed by atoms with Crippen LogP contribution in [-0.4, -0.2) is 5.91 Å². The number of halogens is 3. The summed E-state index contributed by atoms with van der Waals surface area (Å²) in [7, 11) is 0. The Hall–Kier alpha value is -1.16. The summed E-state index contributed by atoms with van der Waals surface area (Å²) in [6, 6.07) is 7.72. The maximum atomic E-state index is 11.7. The third kappa shape index (κ3) is 2.94. The van der Waals surface area contributed by atoms with Gasteiger partial charge in [-0.2, -0.15) is 0 Å². The quantitative estimate of drug-likeness (QED) is 0.885. The van der Waals surface area contributed by atoms with Crippen molar-refractivity contribution >= 4 is 46.4 Å². The Morgan fingerprint density at radius 1 is 1.12 bits per heavy atom. The highest BCUT2D eigenvalue weighted by atomic mass is 35.5. The lowest BCUT2D eigenvalue weighted by Crippen LogP contribution is -2.11. The lowest BCUT2D eigenvalue weighted by molar-refractivity contribution is 0.0997. The van der Waals surface area contributed by atoms with Crippen LogP contribution in [0, 0.1) is 0 Å². The standard InChI is InChI=1S/C11H6Cl3NO2/c12-6-1-2-8(7(13)5-6)15-11(16)9-3-4-10(14)17-9/h1-5H,(H,15,16). The Morgan fingerprint density at radius 3 is 2.47 bits per heavy atom. The summed E-state index contributed by atoms with van der Waals surface area (Å²) in [5.74, 6) is -0.317. The van der Waals surface area contributed by atoms with E-state index in [-0.39, 0.29) is 11.0 Å². The summed E-state index contributed by atoms with van der Waals surface area (Å²) in [6.45, 7) is 0. The van der Waals surface area contributed by atoms with Gasteiger partial charge in [0.25, 0.3) is 5.91 Å². The van der Waals surface area contributed by atoms with Crippen LogP contribution in [0.1, 0.15) is 10.6 Å². The fraction of sp³-hybridized carbons (Fsp3) is 0. The van der Waals surface area contributed by atoms with Crippen LogP contribution < -0.4 is 5.32 Å². The Labute approximate surface area is 112 Å². The minimum Gasteiger partial charge on any atom is -0.440 e. The molecule has 0 radical (unpaired) electrons. The summed E-state index contributed by atoms with van der Waals surface area (Å²) in [6.07, 6.45) is 0. The summed E-state index contributed by atoms with van der Waals surface area (Å²) in [4.78, 5) is 11.7. The van der Waals surface area contributed by atoms with Gasteiger partial charge >= 0.3 is 0 Å². The molecule has 2 rings (SSSR count). The van der Waals surface area contributed by atoms with Crippen LogP contribution >= 0.6 is 34.8 Å². The molecule has 0 aliphatic heterocycles. The van der Waals surface area contributed by atoms with Crippen molar-refractivity contribution in [2.45, 2.75) is 0 Å². The van der Waals surface area contributed by atoms with Gasteiger partial charge in [0.2, 0.25) is 0 Å². The lowest BCUT2D eigenvalue weighted by atomic mass is 10.3. The fourth-order valence-corrected chi connectivity index (χ4v) is 1.81. The minimum absolute atomic E-state index is 0.112. The van der Waals surface area contributed by atoms with E-state index < -0.39 is 5.91 Å². The Bertz CT molecular complexity index is 566. The summed E-state index contributed by atoms with van der Waals surface area (Å²) in [5, 5.41) is 3.58. The average Bonchev–Trinajstić information content (AvgIpc) is 2.69. The first-order valence-corrected chi connectivity index (χ1v) is 5.71. The molecule has 1 aromatic heterocycles. The van der Waals surface area contributed by atoms with Crippen LogP contribution in [0.4, 0.5) is 5.69 Å². The molecule has 1 N–H and O–H groups in total. The van der Waals surface area contributed by atoms with E-state index in [4.69, 9.17) is 39.2 Å². The number of rotatable bonds is 2. The van der Waals surface area contributed by atoms with Gasteiger partial charge in [-0.3, -0.25) is 4.79 Å². The molecular weight excluding hydrogens is 284 g/mol. The Kier molecular flexibility index (Phi) is 3.62. The number of carbonyl (C=O) groups excluding carboxylic acids is 1. The van der Waals surface area contributed by atoms with E-state index >= 15 is 0 Å². The Balaban J connectivity index is 2.18. The van der Waals surface area contributed by atoms with Gasteiger partial charge in [0.15, 0.2) is 11.0 Å². The zero-order valence-electron chi connectivity index (χ0n) is 8.34. The van der Waals surface area contributed by atoms with Gasteiger partial charge in [-0.25, -0.2) is 0 Å². The molecule has 6 heteroatoms. The third-order valence-electron chi connectivity index (χ3n) is 1.98. The van der Waals surface area contributed by atoms with Gasteiger partial charge in [0.05, 0.1) is 10.7 Å². The zero-order valence-corrected chi connectivity index (χ0v) is 10.6. The minimum atomic E-state index is -0.430. The van der Waals surface area contributed by atoms with E-state index in [1.807, 2.05) is 0 Å². The van der Waals surface area contributed by atoms with E-state index in [0.29, 0.717) is 15.7 Å². The van der Waals surface area contributed by atoms with Crippen molar-refractivity contribution in [3.8, 4) is 0 Å². The predicted molar refractivity (Wildman–Crippen MR) is 68.1 cm³/mol. The molecule has 1 amide bonds. The van der Waals surface area contributed by atoms with Crippen LogP contribution in [0.5, 0.6) is 0 Å². The molecule has 0 saturated carbocycles. The van der Waals surface area contributed by atoms with Crippen molar-refractivity contribution < 1.29 is 9.21 Å². The zero-order chi connectivity index (χ0) is 12.4. The molecule has 1 aromatic carbocycles. The smallest absolute Gasteiger partial charge is 0.291 e.